The van der Waals surface area contributed by atoms with Gasteiger partial charge in [-0.2, -0.15) is 25.6 Å². The normalized spacial score (nSPS) is 22.6. The molecule has 0 aliphatic heterocycles. The fourth-order valence-electron chi connectivity index (χ4n) is 2.71. The number of aryl methyl sites for hydroxylation is 2. The van der Waals surface area contributed by atoms with Crippen molar-refractivity contribution >= 4 is 77.9 Å². The molecule has 3 rings (SSSR count). The van der Waals surface area contributed by atoms with Gasteiger partial charge in [0, 0.05) is 0 Å². The quantitative estimate of drug-likeness (QED) is 0.487. The molecule has 6 nitrogen and oxygen atoms in total. The summed E-state index contributed by atoms with van der Waals surface area (Å²) in [4.78, 5) is -0.153. The zero-order valence-electron chi connectivity index (χ0n) is 16.6. The molecule has 0 N–H and O–H groups in total. The van der Waals surface area contributed by atoms with Gasteiger partial charge in [-0.05, 0) is 38.1 Å². The average Bonchev–Trinajstić information content (AvgIpc) is 2.73. The van der Waals surface area contributed by atoms with Crippen molar-refractivity contribution in [1.29, 1.82) is 0 Å². The molecule has 0 bridgehead atoms. The molecule has 2 aromatic rings. The molecule has 0 radical (unpaired) electrons. The zero-order valence-corrected chi connectivity index (χ0v) is 21.3. The van der Waals surface area contributed by atoms with Gasteiger partial charge >= 0.3 is 0 Å². The summed E-state index contributed by atoms with van der Waals surface area (Å²) in [5, 5.41) is -3.31. The molecular weight excluding hydrogens is 538 g/mol. The van der Waals surface area contributed by atoms with Crippen LogP contribution < -0.4 is 0 Å². The summed E-state index contributed by atoms with van der Waals surface area (Å²) in [6, 6.07) is 12.0. The Balaban J connectivity index is 2.09. The highest BCUT2D eigenvalue weighted by Crippen LogP contribution is 2.35. The van der Waals surface area contributed by atoms with E-state index in [1.54, 1.807) is 38.1 Å². The van der Waals surface area contributed by atoms with Gasteiger partial charge < -0.3 is 0 Å². The minimum Gasteiger partial charge on any atom is -0.199 e. The molecule has 0 aromatic heterocycles. The Morgan fingerprint density at radius 1 is 0.625 bits per heavy atom. The van der Waals surface area contributed by atoms with Crippen molar-refractivity contribution < 1.29 is 16.8 Å². The second-order valence-corrected chi connectivity index (χ2v) is 11.9. The maximum Gasteiger partial charge on any atom is 0.282 e. The van der Waals surface area contributed by atoms with Crippen LogP contribution in [0, 0.1) is 13.8 Å². The van der Waals surface area contributed by atoms with Crippen LogP contribution in [0.15, 0.2) is 77.2 Å². The van der Waals surface area contributed by atoms with Gasteiger partial charge in [-0.3, -0.25) is 0 Å². The highest BCUT2D eigenvalue weighted by atomic mass is 35.5. The lowest BCUT2D eigenvalue weighted by atomic mass is 10.0. The lowest BCUT2D eigenvalue weighted by Crippen LogP contribution is -2.38. The SMILES string of the molecule is Cc1ccc(S(=O)(=O)N=C2C(Cl)=C(Cl)C(=NS(=O)(=O)c3ccc(C)cc3)[C@H](Cl)[C@@H]2Cl)cc1. The monoisotopic (exact) mass is 552 g/mol. The van der Waals surface area contributed by atoms with E-state index in [1.807, 2.05) is 0 Å². The summed E-state index contributed by atoms with van der Waals surface area (Å²) >= 11 is 25.1. The van der Waals surface area contributed by atoms with E-state index >= 15 is 0 Å². The molecule has 0 saturated heterocycles. The number of nitrogens with zero attached hydrogens (tertiary/aromatic N) is 2. The number of rotatable bonds is 4. The number of hydrogen-bond donors (Lipinski definition) is 0. The highest BCUT2D eigenvalue weighted by molar-refractivity contribution is 7.90. The first-order valence-electron chi connectivity index (χ1n) is 9.01. The Morgan fingerprint density at radius 2 is 0.906 bits per heavy atom. The maximum atomic E-state index is 12.7. The molecule has 0 saturated carbocycles. The van der Waals surface area contributed by atoms with E-state index in [9.17, 15) is 16.8 Å². The fraction of sp³-hybridized carbons (Fsp3) is 0.200. The second-order valence-electron chi connectivity index (χ2n) is 6.96. The summed E-state index contributed by atoms with van der Waals surface area (Å²) in [6.45, 7) is 3.61. The van der Waals surface area contributed by atoms with Crippen LogP contribution in [-0.4, -0.2) is 39.0 Å². The van der Waals surface area contributed by atoms with E-state index in [1.165, 1.54) is 24.3 Å². The van der Waals surface area contributed by atoms with Gasteiger partial charge in [0.1, 0.15) is 10.8 Å². The minimum atomic E-state index is -4.18. The van der Waals surface area contributed by atoms with Crippen LogP contribution in [0.25, 0.3) is 0 Å². The molecule has 0 heterocycles. The Kier molecular flexibility index (Phi) is 7.44. The number of benzene rings is 2. The summed E-state index contributed by atoms with van der Waals surface area (Å²) < 4.78 is 58.2. The molecule has 32 heavy (non-hydrogen) atoms. The molecule has 170 valence electrons. The van der Waals surface area contributed by atoms with Crippen molar-refractivity contribution in [3.8, 4) is 0 Å². The predicted octanol–water partition coefficient (Wildman–Crippen LogP) is 5.18. The summed E-state index contributed by atoms with van der Waals surface area (Å²) in [6.07, 6.45) is 0. The van der Waals surface area contributed by atoms with Gasteiger partial charge in [0.25, 0.3) is 20.0 Å². The third-order valence-electron chi connectivity index (χ3n) is 4.50. The largest absolute Gasteiger partial charge is 0.282 e. The second kappa shape index (κ2) is 9.44. The van der Waals surface area contributed by atoms with E-state index in [-0.39, 0.29) is 31.3 Å². The van der Waals surface area contributed by atoms with Crippen LogP contribution in [0.1, 0.15) is 11.1 Å². The van der Waals surface area contributed by atoms with Gasteiger partial charge in [-0.1, -0.05) is 58.6 Å². The van der Waals surface area contributed by atoms with E-state index < -0.39 is 30.8 Å². The Morgan fingerprint density at radius 3 is 1.19 bits per heavy atom. The third kappa shape index (κ3) is 5.21. The van der Waals surface area contributed by atoms with Crippen LogP contribution in [0.2, 0.25) is 0 Å². The Bertz CT molecular complexity index is 1240. The molecule has 0 spiro atoms. The lowest BCUT2D eigenvalue weighted by molar-refractivity contribution is 0.596. The van der Waals surface area contributed by atoms with E-state index in [0.717, 1.165) is 11.1 Å². The van der Waals surface area contributed by atoms with Gasteiger partial charge in [0.2, 0.25) is 0 Å². The lowest BCUT2D eigenvalue weighted by Gasteiger charge is -2.25. The van der Waals surface area contributed by atoms with Crippen molar-refractivity contribution in [2.75, 3.05) is 0 Å². The molecule has 0 fully saturated rings. The topological polar surface area (TPSA) is 93.0 Å². The smallest absolute Gasteiger partial charge is 0.199 e. The first-order valence-corrected chi connectivity index (χ1v) is 13.5. The van der Waals surface area contributed by atoms with E-state index in [2.05, 4.69) is 8.80 Å². The third-order valence-corrected chi connectivity index (χ3v) is 9.01. The van der Waals surface area contributed by atoms with Crippen LogP contribution in [-0.2, 0) is 20.0 Å². The van der Waals surface area contributed by atoms with Gasteiger partial charge in [0.15, 0.2) is 0 Å². The minimum absolute atomic E-state index is 0.0763. The Hall–Kier alpha value is -1.42. The number of hydrogen-bond acceptors (Lipinski definition) is 4. The molecule has 12 heteroatoms. The van der Waals surface area contributed by atoms with E-state index in [0.29, 0.717) is 0 Å². The zero-order chi connectivity index (χ0) is 23.8. The van der Waals surface area contributed by atoms with Crippen LogP contribution in [0.5, 0.6) is 0 Å². The molecule has 2 atom stereocenters. The fourth-order valence-corrected chi connectivity index (χ4v) is 6.20. The van der Waals surface area contributed by atoms with Crippen LogP contribution in [0.3, 0.4) is 0 Å². The molecule has 1 aliphatic rings. The van der Waals surface area contributed by atoms with Gasteiger partial charge in [-0.25, -0.2) is 0 Å². The first-order chi connectivity index (χ1) is 14.8. The summed E-state index contributed by atoms with van der Waals surface area (Å²) in [5.74, 6) is 0. The highest BCUT2D eigenvalue weighted by Gasteiger charge is 2.39. The Labute approximate surface area is 206 Å². The van der Waals surface area contributed by atoms with Gasteiger partial charge in [-0.15, -0.1) is 23.2 Å². The molecule has 1 aliphatic carbocycles. The average molecular weight is 554 g/mol. The number of sulfonamides is 2. The molecule has 0 unspecified atom stereocenters. The van der Waals surface area contributed by atoms with Crippen LogP contribution in [0.4, 0.5) is 0 Å². The number of allylic oxidation sites excluding steroid dienone is 2. The first kappa shape index (κ1) is 25.2. The summed E-state index contributed by atoms with van der Waals surface area (Å²) in [5.41, 5.74) is 1.13. The molecule has 0 amide bonds. The molecule has 2 aromatic carbocycles. The summed E-state index contributed by atoms with van der Waals surface area (Å²) in [7, 11) is -8.36. The maximum absolute atomic E-state index is 12.7. The van der Waals surface area contributed by atoms with E-state index in [4.69, 9.17) is 46.4 Å². The van der Waals surface area contributed by atoms with Crippen molar-refractivity contribution in [1.82, 2.24) is 0 Å². The van der Waals surface area contributed by atoms with Crippen LogP contribution >= 0.6 is 46.4 Å². The number of halogens is 4. The predicted molar refractivity (Wildman–Crippen MR) is 130 cm³/mol. The van der Waals surface area contributed by atoms with Crippen molar-refractivity contribution in [2.24, 2.45) is 8.80 Å². The molecular formula is C20H16Cl4N2O4S2. The standard InChI is InChI=1S/C20H16Cl4N2O4S2/c1-11-3-7-13(8-4-11)31(27,28)25-19-15(21)17(23)20(18(24)16(19)22)26-32(29,30)14-9-5-12(2)6-10-14/h3-10,15,17H,1-2H3/t15-,17+. The number of alkyl halides is 2. The van der Waals surface area contributed by atoms with Gasteiger partial charge in [0.05, 0.1) is 31.3 Å². The van der Waals surface area contributed by atoms with Crippen molar-refractivity contribution in [2.45, 2.75) is 34.4 Å². The van der Waals surface area contributed by atoms with Crippen molar-refractivity contribution in [3.05, 3.63) is 69.7 Å². The van der Waals surface area contributed by atoms with Crippen molar-refractivity contribution in [3.63, 3.8) is 0 Å².